The monoisotopic (exact) mass is 363 g/mol. The Morgan fingerprint density at radius 1 is 0.846 bits per heavy atom. The average molecular weight is 364 g/mol. The van der Waals surface area contributed by atoms with Gasteiger partial charge in [0.1, 0.15) is 0 Å². The van der Waals surface area contributed by atoms with Gasteiger partial charge < -0.3 is 15.5 Å². The van der Waals surface area contributed by atoms with Crippen LogP contribution in [0.5, 0.6) is 0 Å². The van der Waals surface area contributed by atoms with Crippen LogP contribution in [0.15, 0.2) is 30.3 Å². The standard InChI is InChI=1S/C23H41NO2/c1-19(2)11-9-14-22(4,25)15-10-16-23(5,26)17-18-24-20(3)21-12-7-6-8-13-21/h6-8,12-13,19-20,24-26H,9-11,14-18H2,1-5H3. The van der Waals surface area contributed by atoms with E-state index in [0.717, 1.165) is 45.1 Å². The molecule has 0 spiro atoms. The van der Waals surface area contributed by atoms with Crippen LogP contribution in [0.4, 0.5) is 0 Å². The van der Waals surface area contributed by atoms with Gasteiger partial charge in [-0.2, -0.15) is 0 Å². The van der Waals surface area contributed by atoms with E-state index in [4.69, 9.17) is 0 Å². The fourth-order valence-corrected chi connectivity index (χ4v) is 3.41. The number of benzene rings is 1. The molecule has 0 saturated heterocycles. The summed E-state index contributed by atoms with van der Waals surface area (Å²) in [4.78, 5) is 0. The molecule has 1 aromatic carbocycles. The normalized spacial score (nSPS) is 17.7. The van der Waals surface area contributed by atoms with Crippen LogP contribution in [0, 0.1) is 5.92 Å². The largest absolute Gasteiger partial charge is 0.390 e. The third-order valence-electron chi connectivity index (χ3n) is 5.34. The molecule has 0 radical (unpaired) electrons. The zero-order valence-electron chi connectivity index (χ0n) is 17.6. The third-order valence-corrected chi connectivity index (χ3v) is 5.34. The molecule has 0 aliphatic rings. The SMILES string of the molecule is CC(C)CCCC(C)(O)CCCC(C)(O)CCNC(C)c1ccccc1. The van der Waals surface area contributed by atoms with Crippen molar-refractivity contribution in [2.75, 3.05) is 6.54 Å². The highest BCUT2D eigenvalue weighted by Gasteiger charge is 2.24. The number of aliphatic hydroxyl groups is 2. The summed E-state index contributed by atoms with van der Waals surface area (Å²) in [6.45, 7) is 11.2. The van der Waals surface area contributed by atoms with Gasteiger partial charge >= 0.3 is 0 Å². The van der Waals surface area contributed by atoms with Crippen molar-refractivity contribution in [2.45, 2.75) is 96.8 Å². The van der Waals surface area contributed by atoms with Crippen molar-refractivity contribution in [3.8, 4) is 0 Å². The lowest BCUT2D eigenvalue weighted by atomic mass is 9.87. The molecule has 3 N–H and O–H groups in total. The second-order valence-corrected chi connectivity index (χ2v) is 8.97. The van der Waals surface area contributed by atoms with Crippen molar-refractivity contribution in [2.24, 2.45) is 5.92 Å². The predicted molar refractivity (Wildman–Crippen MR) is 111 cm³/mol. The third kappa shape index (κ3) is 10.3. The van der Waals surface area contributed by atoms with Crippen LogP contribution in [0.3, 0.4) is 0 Å². The molecule has 0 saturated carbocycles. The maximum Gasteiger partial charge on any atom is 0.0631 e. The van der Waals surface area contributed by atoms with Gasteiger partial charge in [0, 0.05) is 6.04 Å². The maximum absolute atomic E-state index is 10.6. The Morgan fingerprint density at radius 3 is 1.96 bits per heavy atom. The summed E-state index contributed by atoms with van der Waals surface area (Å²) in [6.07, 6.45) is 6.16. The number of nitrogens with one attached hydrogen (secondary N) is 1. The quantitative estimate of drug-likeness (QED) is 0.450. The van der Waals surface area contributed by atoms with Crippen molar-refractivity contribution in [3.05, 3.63) is 35.9 Å². The van der Waals surface area contributed by atoms with Crippen molar-refractivity contribution < 1.29 is 10.2 Å². The first-order valence-corrected chi connectivity index (χ1v) is 10.3. The summed E-state index contributed by atoms with van der Waals surface area (Å²) in [5.41, 5.74) is -0.0211. The molecule has 26 heavy (non-hydrogen) atoms. The Bertz CT molecular complexity index is 482. The summed E-state index contributed by atoms with van der Waals surface area (Å²) in [6, 6.07) is 10.7. The first kappa shape index (κ1) is 23.1. The highest BCUT2D eigenvalue weighted by molar-refractivity contribution is 5.17. The molecule has 0 aliphatic heterocycles. The van der Waals surface area contributed by atoms with Crippen LogP contribution in [-0.4, -0.2) is 28.0 Å². The van der Waals surface area contributed by atoms with Gasteiger partial charge in [-0.15, -0.1) is 0 Å². The first-order valence-electron chi connectivity index (χ1n) is 10.3. The van der Waals surface area contributed by atoms with Crippen molar-refractivity contribution >= 4 is 0 Å². The predicted octanol–water partition coefficient (Wildman–Crippen LogP) is 5.23. The number of hydrogen-bond donors (Lipinski definition) is 3. The summed E-state index contributed by atoms with van der Waals surface area (Å²) >= 11 is 0. The molecule has 0 bridgehead atoms. The Kier molecular flexibility index (Phi) is 9.84. The van der Waals surface area contributed by atoms with E-state index in [2.05, 4.69) is 50.4 Å². The molecule has 0 aromatic heterocycles. The van der Waals surface area contributed by atoms with Gasteiger partial charge in [-0.25, -0.2) is 0 Å². The fraction of sp³-hybridized carbons (Fsp3) is 0.739. The van der Waals surface area contributed by atoms with E-state index >= 15 is 0 Å². The Morgan fingerprint density at radius 2 is 1.38 bits per heavy atom. The molecule has 0 heterocycles. The summed E-state index contributed by atoms with van der Waals surface area (Å²) in [5.74, 6) is 0.692. The lowest BCUT2D eigenvalue weighted by Gasteiger charge is -2.28. The molecule has 3 atom stereocenters. The molecule has 1 aromatic rings. The molecular weight excluding hydrogens is 322 g/mol. The van der Waals surface area contributed by atoms with Crippen molar-refractivity contribution in [1.29, 1.82) is 0 Å². The minimum Gasteiger partial charge on any atom is -0.390 e. The lowest BCUT2D eigenvalue weighted by molar-refractivity contribution is 0.0119. The topological polar surface area (TPSA) is 52.5 Å². The first-order chi connectivity index (χ1) is 12.1. The van der Waals surface area contributed by atoms with Gasteiger partial charge in [0.25, 0.3) is 0 Å². The molecule has 0 aliphatic carbocycles. The van der Waals surface area contributed by atoms with Gasteiger partial charge in [-0.1, -0.05) is 57.0 Å². The second kappa shape index (κ2) is 11.1. The summed E-state index contributed by atoms with van der Waals surface area (Å²) in [5, 5.41) is 24.6. The minimum atomic E-state index is -0.683. The Hall–Kier alpha value is -0.900. The van der Waals surface area contributed by atoms with Crippen LogP contribution in [0.2, 0.25) is 0 Å². The smallest absolute Gasteiger partial charge is 0.0631 e. The van der Waals surface area contributed by atoms with E-state index in [1.165, 1.54) is 12.0 Å². The molecule has 3 nitrogen and oxygen atoms in total. The van der Waals surface area contributed by atoms with Crippen LogP contribution < -0.4 is 5.32 Å². The molecule has 1 rings (SSSR count). The second-order valence-electron chi connectivity index (χ2n) is 8.97. The van der Waals surface area contributed by atoms with Gasteiger partial charge in [-0.3, -0.25) is 0 Å². The van der Waals surface area contributed by atoms with Gasteiger partial charge in [0.05, 0.1) is 11.2 Å². The zero-order chi connectivity index (χ0) is 19.6. The maximum atomic E-state index is 10.6. The average Bonchev–Trinajstić information content (AvgIpc) is 2.54. The van der Waals surface area contributed by atoms with E-state index in [0.29, 0.717) is 5.92 Å². The van der Waals surface area contributed by atoms with Crippen molar-refractivity contribution in [1.82, 2.24) is 5.32 Å². The highest BCUT2D eigenvalue weighted by atomic mass is 16.3. The molecule has 3 heteroatoms. The molecular formula is C23H41NO2. The summed E-state index contributed by atoms with van der Waals surface area (Å²) in [7, 11) is 0. The van der Waals surface area contributed by atoms with Crippen LogP contribution >= 0.6 is 0 Å². The van der Waals surface area contributed by atoms with Crippen LogP contribution in [0.1, 0.15) is 91.2 Å². The molecule has 0 fully saturated rings. The molecule has 150 valence electrons. The zero-order valence-corrected chi connectivity index (χ0v) is 17.6. The van der Waals surface area contributed by atoms with E-state index in [1.54, 1.807) is 0 Å². The minimum absolute atomic E-state index is 0.286. The van der Waals surface area contributed by atoms with E-state index < -0.39 is 11.2 Å². The van der Waals surface area contributed by atoms with Gasteiger partial charge in [0.2, 0.25) is 0 Å². The van der Waals surface area contributed by atoms with Crippen LogP contribution in [-0.2, 0) is 0 Å². The van der Waals surface area contributed by atoms with E-state index in [-0.39, 0.29) is 6.04 Å². The highest BCUT2D eigenvalue weighted by Crippen LogP contribution is 2.25. The molecule has 3 unspecified atom stereocenters. The fourth-order valence-electron chi connectivity index (χ4n) is 3.41. The van der Waals surface area contributed by atoms with E-state index in [9.17, 15) is 10.2 Å². The van der Waals surface area contributed by atoms with Crippen molar-refractivity contribution in [3.63, 3.8) is 0 Å². The molecule has 0 amide bonds. The Labute approximate surface area is 161 Å². The Balaban J connectivity index is 2.24. The van der Waals surface area contributed by atoms with Gasteiger partial charge in [-0.05, 0) is 70.9 Å². The van der Waals surface area contributed by atoms with Crippen LogP contribution in [0.25, 0.3) is 0 Å². The summed E-state index contributed by atoms with van der Waals surface area (Å²) < 4.78 is 0. The van der Waals surface area contributed by atoms with E-state index in [1.807, 2.05) is 19.9 Å². The number of rotatable bonds is 13. The lowest BCUT2D eigenvalue weighted by Crippen LogP contribution is -2.32. The van der Waals surface area contributed by atoms with Gasteiger partial charge in [0.15, 0.2) is 0 Å². The number of hydrogen-bond acceptors (Lipinski definition) is 3.